The Morgan fingerprint density at radius 2 is 1.82 bits per heavy atom. The summed E-state index contributed by atoms with van der Waals surface area (Å²) in [5.74, 6) is 0.0177. The number of aliphatic hydroxyl groups excluding tert-OH is 1. The molecule has 1 amide bonds. The van der Waals surface area contributed by atoms with Crippen molar-refractivity contribution in [1.29, 1.82) is 0 Å². The van der Waals surface area contributed by atoms with Crippen molar-refractivity contribution in [2.45, 2.75) is 130 Å². The van der Waals surface area contributed by atoms with Crippen LogP contribution in [0.4, 0.5) is 4.79 Å². The predicted octanol–water partition coefficient (Wildman–Crippen LogP) is 5.07. The highest BCUT2D eigenvalue weighted by molar-refractivity contribution is 5.82. The molecule has 1 aromatic carbocycles. The molecule has 1 saturated carbocycles. The molecule has 3 rings (SSSR count). The van der Waals surface area contributed by atoms with Crippen molar-refractivity contribution in [1.82, 2.24) is 15.1 Å². The number of rotatable bonds is 19. The van der Waals surface area contributed by atoms with Gasteiger partial charge in [0.25, 0.3) is 5.09 Å². The minimum atomic E-state index is -1.38. The Labute approximate surface area is 289 Å². The summed E-state index contributed by atoms with van der Waals surface area (Å²) < 4.78 is 17.3. The van der Waals surface area contributed by atoms with E-state index in [0.29, 0.717) is 44.6 Å². The first-order chi connectivity index (χ1) is 23.2. The first kappa shape index (κ1) is 39.9. The van der Waals surface area contributed by atoms with Gasteiger partial charge in [0.05, 0.1) is 17.3 Å². The molecule has 0 spiro atoms. The van der Waals surface area contributed by atoms with Crippen molar-refractivity contribution >= 4 is 23.0 Å². The summed E-state index contributed by atoms with van der Waals surface area (Å²) in [7, 11) is 1.70. The van der Waals surface area contributed by atoms with Crippen LogP contribution in [-0.4, -0.2) is 76.3 Å². The fourth-order valence-corrected chi connectivity index (χ4v) is 6.63. The quantitative estimate of drug-likeness (QED) is 0.0586. The third kappa shape index (κ3) is 12.4. The van der Waals surface area contributed by atoms with E-state index in [1.54, 1.807) is 7.11 Å². The molecular weight excluding hydrogens is 634 g/mol. The van der Waals surface area contributed by atoms with Gasteiger partial charge in [0.15, 0.2) is 0 Å². The maximum atomic E-state index is 13.4. The number of hydrogen-bond donors (Lipinski definition) is 3. The molecular formula is C35H57N5O9. The summed E-state index contributed by atoms with van der Waals surface area (Å²) in [5, 5.41) is 29.6. The summed E-state index contributed by atoms with van der Waals surface area (Å²) in [6.07, 6.45) is 1.09. The highest BCUT2D eigenvalue weighted by Gasteiger charge is 2.32. The van der Waals surface area contributed by atoms with Crippen molar-refractivity contribution in [3.05, 3.63) is 39.6 Å². The molecule has 0 bridgehead atoms. The fourth-order valence-electron chi connectivity index (χ4n) is 6.63. The third-order valence-electron chi connectivity index (χ3n) is 9.65. The van der Waals surface area contributed by atoms with E-state index < -0.39 is 41.7 Å². The normalized spacial score (nSPS) is 19.7. The van der Waals surface area contributed by atoms with Gasteiger partial charge in [0.2, 0.25) is 12.2 Å². The zero-order valence-electron chi connectivity index (χ0n) is 30.1. The van der Waals surface area contributed by atoms with E-state index in [1.165, 1.54) is 12.5 Å². The minimum Gasteiger partial charge on any atom is -0.431 e. The average Bonchev–Trinajstić information content (AvgIpc) is 3.33. The summed E-state index contributed by atoms with van der Waals surface area (Å²) >= 11 is 0. The Kier molecular flexibility index (Phi) is 15.5. The number of ether oxygens (including phenoxy) is 3. The van der Waals surface area contributed by atoms with Crippen LogP contribution in [0.3, 0.4) is 0 Å². The smallest absolute Gasteiger partial charge is 0.431 e. The van der Waals surface area contributed by atoms with Gasteiger partial charge in [-0.25, -0.2) is 4.79 Å². The number of nitrogens with one attached hydrogen (secondary N) is 1. The number of nitrogens with zero attached hydrogens (tertiary/aromatic N) is 3. The van der Waals surface area contributed by atoms with Gasteiger partial charge >= 0.3 is 6.16 Å². The highest BCUT2D eigenvalue weighted by atomic mass is 17.0. The second-order valence-corrected chi connectivity index (χ2v) is 14.1. The van der Waals surface area contributed by atoms with Gasteiger partial charge in [-0.15, -0.1) is 10.1 Å². The predicted molar refractivity (Wildman–Crippen MR) is 184 cm³/mol. The number of fused-ring (bicyclic) bond motifs is 1. The van der Waals surface area contributed by atoms with Crippen LogP contribution in [-0.2, 0) is 36.8 Å². The minimum absolute atomic E-state index is 0.00973. The standard InChI is InChI=1S/C35H57N5O9/c1-21(2)26(17-25-9-14-29-23(5)38-39(32(29)18-25)15-8-16-46-7)19-31(36)33(41)20-30(22(3)4)34(42)37-27-10-12-28(13-11-27)48-35(43)47-24(6)49-40(44)45/h9,14,18,21-22,24,26-28,30-31,33,41H,8,10-13,15-17,19-20,36H2,1-7H3,(H,37,42)/t24?,26-,27?,28?,30-,31-,33-/m0/s1. The van der Waals surface area contributed by atoms with Gasteiger partial charge in [-0.05, 0) is 94.6 Å². The largest absolute Gasteiger partial charge is 0.510 e. The summed E-state index contributed by atoms with van der Waals surface area (Å²) in [6.45, 7) is 13.0. The van der Waals surface area contributed by atoms with Crippen LogP contribution in [0.5, 0.6) is 0 Å². The number of nitrogens with two attached hydrogens (primary N) is 1. The molecule has 1 aliphatic carbocycles. The van der Waals surface area contributed by atoms with Crippen LogP contribution < -0.4 is 11.1 Å². The lowest BCUT2D eigenvalue weighted by atomic mass is 9.80. The monoisotopic (exact) mass is 691 g/mol. The lowest BCUT2D eigenvalue weighted by molar-refractivity contribution is -0.777. The molecule has 4 N–H and O–H groups in total. The maximum absolute atomic E-state index is 13.4. The molecule has 1 heterocycles. The molecule has 1 unspecified atom stereocenters. The SMILES string of the molecule is COCCCn1nc(C)c2ccc(C[C@@H](C[C@H](N)[C@@H](O)C[C@H](C(=O)NC3CCC(OC(=O)OC(C)O[N+](=O)[O-])CC3)C(C)C)C(C)C)cc21. The number of methoxy groups -OCH3 is 1. The number of aliphatic hydroxyl groups is 1. The van der Waals surface area contributed by atoms with Crippen LogP contribution in [0.2, 0.25) is 0 Å². The molecule has 0 saturated heterocycles. The molecule has 1 aliphatic rings. The van der Waals surface area contributed by atoms with Crippen LogP contribution in [0, 0.1) is 40.7 Å². The molecule has 49 heavy (non-hydrogen) atoms. The Bertz CT molecular complexity index is 1360. The van der Waals surface area contributed by atoms with Crippen LogP contribution in [0.1, 0.15) is 90.8 Å². The Hall–Kier alpha value is -3.49. The highest BCUT2D eigenvalue weighted by Crippen LogP contribution is 2.29. The van der Waals surface area contributed by atoms with Crippen LogP contribution in [0.25, 0.3) is 10.9 Å². The second kappa shape index (κ2) is 19.0. The molecule has 0 radical (unpaired) electrons. The van der Waals surface area contributed by atoms with Gasteiger partial charge < -0.3 is 30.4 Å². The van der Waals surface area contributed by atoms with Crippen molar-refractivity contribution in [2.24, 2.45) is 29.4 Å². The average molecular weight is 692 g/mol. The molecule has 2 aromatic rings. The van der Waals surface area contributed by atoms with Gasteiger partial charge in [-0.3, -0.25) is 14.3 Å². The Morgan fingerprint density at radius 3 is 2.43 bits per heavy atom. The zero-order valence-corrected chi connectivity index (χ0v) is 30.1. The van der Waals surface area contributed by atoms with E-state index in [1.807, 2.05) is 20.8 Å². The van der Waals surface area contributed by atoms with Gasteiger partial charge in [0.1, 0.15) is 6.10 Å². The van der Waals surface area contributed by atoms with Gasteiger partial charge in [-0.2, -0.15) is 5.10 Å². The van der Waals surface area contributed by atoms with Crippen molar-refractivity contribution in [2.75, 3.05) is 13.7 Å². The molecule has 0 aliphatic heterocycles. The van der Waals surface area contributed by atoms with E-state index in [4.69, 9.17) is 25.0 Å². The summed E-state index contributed by atoms with van der Waals surface area (Å²) in [4.78, 5) is 39.9. The van der Waals surface area contributed by atoms with Crippen molar-refractivity contribution < 1.29 is 38.8 Å². The van der Waals surface area contributed by atoms with E-state index in [2.05, 4.69) is 46.9 Å². The van der Waals surface area contributed by atoms with Crippen LogP contribution >= 0.6 is 0 Å². The number of carbonyl (C=O) groups is 2. The number of carbonyl (C=O) groups excluding carboxylic acids is 2. The van der Waals surface area contributed by atoms with Crippen molar-refractivity contribution in [3.8, 4) is 0 Å². The zero-order chi connectivity index (χ0) is 36.2. The van der Waals surface area contributed by atoms with Gasteiger partial charge in [0, 0.05) is 43.6 Å². The van der Waals surface area contributed by atoms with E-state index in [-0.39, 0.29) is 30.2 Å². The first-order valence-electron chi connectivity index (χ1n) is 17.6. The Balaban J connectivity index is 1.53. The van der Waals surface area contributed by atoms with E-state index in [9.17, 15) is 24.8 Å². The number of benzene rings is 1. The molecule has 14 nitrogen and oxygen atoms in total. The first-order valence-corrected chi connectivity index (χ1v) is 17.6. The van der Waals surface area contributed by atoms with Crippen LogP contribution in [0.15, 0.2) is 18.2 Å². The third-order valence-corrected chi connectivity index (χ3v) is 9.65. The number of aryl methyl sites for hydroxylation is 2. The lowest BCUT2D eigenvalue weighted by Crippen LogP contribution is -2.46. The second-order valence-electron chi connectivity index (χ2n) is 14.1. The van der Waals surface area contributed by atoms with E-state index in [0.717, 1.165) is 36.0 Å². The Morgan fingerprint density at radius 1 is 1.12 bits per heavy atom. The van der Waals surface area contributed by atoms with Crippen molar-refractivity contribution in [3.63, 3.8) is 0 Å². The summed E-state index contributed by atoms with van der Waals surface area (Å²) in [6, 6.07) is 5.93. The number of amides is 1. The maximum Gasteiger partial charge on any atom is 0.510 e. The molecule has 5 atom stereocenters. The topological polar surface area (TPSA) is 190 Å². The molecule has 14 heteroatoms. The summed E-state index contributed by atoms with van der Waals surface area (Å²) in [5.41, 5.74) is 9.96. The lowest BCUT2D eigenvalue weighted by Gasteiger charge is -2.32. The molecule has 1 aromatic heterocycles. The van der Waals surface area contributed by atoms with Gasteiger partial charge in [-0.1, -0.05) is 39.8 Å². The molecule has 1 fully saturated rings. The van der Waals surface area contributed by atoms with E-state index >= 15 is 0 Å². The molecule has 276 valence electrons. The fraction of sp³-hybridized carbons (Fsp3) is 0.743. The number of aromatic nitrogens is 2. The number of hydrogen-bond acceptors (Lipinski definition) is 11.